The van der Waals surface area contributed by atoms with Crippen LogP contribution in [0.3, 0.4) is 0 Å². The second kappa shape index (κ2) is 2.44. The maximum Gasteiger partial charge on any atom is 0.261 e. The number of fused-ring (bicyclic) bond motifs is 1. The van der Waals surface area contributed by atoms with E-state index in [1.165, 1.54) is 12.1 Å². The standard InChI is InChI=1S/C7H6N4O2/c8-7-10-5-3(6(13)11-7)1-2-4(12)9-5/h1-2H,(H4,8,9,10,11,12,13). The predicted molar refractivity (Wildman–Crippen MR) is 47.4 cm³/mol. The zero-order valence-corrected chi connectivity index (χ0v) is 6.50. The summed E-state index contributed by atoms with van der Waals surface area (Å²) in [5.74, 6) is -0.0145. The van der Waals surface area contributed by atoms with Crippen LogP contribution in [0.15, 0.2) is 21.7 Å². The summed E-state index contributed by atoms with van der Waals surface area (Å²) in [6, 6.07) is 2.66. The highest BCUT2D eigenvalue weighted by Gasteiger charge is 2.00. The molecule has 0 aliphatic carbocycles. The van der Waals surface area contributed by atoms with E-state index in [9.17, 15) is 9.59 Å². The number of nitrogens with one attached hydrogen (secondary N) is 2. The lowest BCUT2D eigenvalue weighted by Gasteiger charge is -1.95. The molecule has 0 amide bonds. The fraction of sp³-hybridized carbons (Fsp3) is 0. The van der Waals surface area contributed by atoms with Crippen LogP contribution in [0.1, 0.15) is 0 Å². The van der Waals surface area contributed by atoms with E-state index in [4.69, 9.17) is 5.73 Å². The van der Waals surface area contributed by atoms with Gasteiger partial charge in [0.25, 0.3) is 5.56 Å². The summed E-state index contributed by atoms with van der Waals surface area (Å²) in [7, 11) is 0. The first-order valence-corrected chi connectivity index (χ1v) is 3.55. The predicted octanol–water partition coefficient (Wildman–Crippen LogP) is -0.806. The summed E-state index contributed by atoms with van der Waals surface area (Å²) in [6.45, 7) is 0. The highest BCUT2D eigenvalue weighted by Crippen LogP contribution is 1.99. The molecular formula is C7H6N4O2. The van der Waals surface area contributed by atoms with Crippen LogP contribution in [0.2, 0.25) is 0 Å². The average Bonchev–Trinajstić information content (AvgIpc) is 2.02. The minimum Gasteiger partial charge on any atom is -0.369 e. The minimum atomic E-state index is -0.362. The zero-order valence-electron chi connectivity index (χ0n) is 6.50. The number of anilines is 1. The third kappa shape index (κ3) is 1.18. The summed E-state index contributed by atoms with van der Waals surface area (Å²) in [4.78, 5) is 30.6. The van der Waals surface area contributed by atoms with Gasteiger partial charge < -0.3 is 10.7 Å². The SMILES string of the molecule is Nc1nc2[nH]c(=O)ccc2c(=O)[nH]1. The van der Waals surface area contributed by atoms with Gasteiger partial charge in [-0.05, 0) is 6.07 Å². The Morgan fingerprint density at radius 2 is 2.00 bits per heavy atom. The van der Waals surface area contributed by atoms with Gasteiger partial charge in [-0.2, -0.15) is 4.98 Å². The van der Waals surface area contributed by atoms with E-state index in [2.05, 4.69) is 15.0 Å². The van der Waals surface area contributed by atoms with Crippen molar-refractivity contribution in [2.24, 2.45) is 0 Å². The van der Waals surface area contributed by atoms with Crippen LogP contribution >= 0.6 is 0 Å². The Labute approximate surface area is 71.4 Å². The first-order chi connectivity index (χ1) is 6.16. The molecule has 0 aromatic carbocycles. The number of aromatic nitrogens is 3. The Hall–Kier alpha value is -2.11. The van der Waals surface area contributed by atoms with Gasteiger partial charge in [-0.3, -0.25) is 14.6 Å². The van der Waals surface area contributed by atoms with Crippen LogP contribution in [0.5, 0.6) is 0 Å². The van der Waals surface area contributed by atoms with Gasteiger partial charge in [0.1, 0.15) is 5.65 Å². The molecule has 0 radical (unpaired) electrons. The van der Waals surface area contributed by atoms with E-state index in [-0.39, 0.29) is 22.7 Å². The number of pyridine rings is 1. The highest BCUT2D eigenvalue weighted by molar-refractivity contribution is 5.73. The van der Waals surface area contributed by atoms with Crippen LogP contribution in [-0.2, 0) is 0 Å². The Balaban J connectivity index is 3.03. The second-order valence-electron chi connectivity index (χ2n) is 2.54. The number of hydrogen-bond acceptors (Lipinski definition) is 4. The molecule has 0 aliphatic rings. The summed E-state index contributed by atoms with van der Waals surface area (Å²) < 4.78 is 0. The van der Waals surface area contributed by atoms with Crippen molar-refractivity contribution in [3.05, 3.63) is 32.8 Å². The average molecular weight is 178 g/mol. The Bertz CT molecular complexity index is 568. The Morgan fingerprint density at radius 3 is 2.77 bits per heavy atom. The van der Waals surface area contributed by atoms with Crippen molar-refractivity contribution in [2.75, 3.05) is 5.73 Å². The molecule has 0 saturated carbocycles. The summed E-state index contributed by atoms with van der Waals surface area (Å²) >= 11 is 0. The minimum absolute atomic E-state index is 0.0145. The molecule has 2 aromatic rings. The van der Waals surface area contributed by atoms with Crippen molar-refractivity contribution < 1.29 is 0 Å². The lowest BCUT2D eigenvalue weighted by Crippen LogP contribution is -2.15. The number of aromatic amines is 2. The van der Waals surface area contributed by atoms with Crippen LogP contribution in [0, 0.1) is 0 Å². The first kappa shape index (κ1) is 7.53. The van der Waals surface area contributed by atoms with Gasteiger partial charge in [0.05, 0.1) is 5.39 Å². The summed E-state index contributed by atoms with van der Waals surface area (Å²) in [5, 5.41) is 0.314. The molecule has 0 aliphatic heterocycles. The molecule has 0 atom stereocenters. The van der Waals surface area contributed by atoms with Gasteiger partial charge in [0.15, 0.2) is 0 Å². The van der Waals surface area contributed by atoms with Gasteiger partial charge >= 0.3 is 0 Å². The summed E-state index contributed by atoms with van der Waals surface area (Å²) in [6.07, 6.45) is 0. The van der Waals surface area contributed by atoms with Crippen LogP contribution < -0.4 is 16.9 Å². The third-order valence-electron chi connectivity index (χ3n) is 1.62. The Morgan fingerprint density at radius 1 is 1.23 bits per heavy atom. The van der Waals surface area contributed by atoms with Crippen LogP contribution in [0.4, 0.5) is 5.95 Å². The van der Waals surface area contributed by atoms with Gasteiger partial charge in [0.2, 0.25) is 11.5 Å². The van der Waals surface area contributed by atoms with E-state index >= 15 is 0 Å². The highest BCUT2D eigenvalue weighted by atomic mass is 16.1. The topological polar surface area (TPSA) is 105 Å². The zero-order chi connectivity index (χ0) is 9.42. The lowest BCUT2D eigenvalue weighted by atomic mass is 10.3. The van der Waals surface area contributed by atoms with Crippen molar-refractivity contribution in [1.29, 1.82) is 0 Å². The molecule has 6 nitrogen and oxygen atoms in total. The van der Waals surface area contributed by atoms with Crippen molar-refractivity contribution in [1.82, 2.24) is 15.0 Å². The third-order valence-corrected chi connectivity index (χ3v) is 1.62. The van der Waals surface area contributed by atoms with E-state index in [0.717, 1.165) is 0 Å². The van der Waals surface area contributed by atoms with E-state index < -0.39 is 0 Å². The molecule has 0 unspecified atom stereocenters. The largest absolute Gasteiger partial charge is 0.369 e. The number of H-pyrrole nitrogens is 2. The summed E-state index contributed by atoms with van der Waals surface area (Å²) in [5.41, 5.74) is 4.81. The number of rotatable bonds is 0. The molecule has 0 fully saturated rings. The molecule has 0 spiro atoms. The van der Waals surface area contributed by atoms with Crippen molar-refractivity contribution in [3.8, 4) is 0 Å². The van der Waals surface area contributed by atoms with Gasteiger partial charge in [0, 0.05) is 6.07 Å². The number of nitrogen functional groups attached to an aromatic ring is 1. The normalized spacial score (nSPS) is 10.5. The monoisotopic (exact) mass is 178 g/mol. The van der Waals surface area contributed by atoms with E-state index in [0.29, 0.717) is 5.39 Å². The molecule has 66 valence electrons. The van der Waals surface area contributed by atoms with Gasteiger partial charge in [-0.25, -0.2) is 0 Å². The van der Waals surface area contributed by atoms with Crippen LogP contribution in [-0.4, -0.2) is 15.0 Å². The van der Waals surface area contributed by atoms with Crippen LogP contribution in [0.25, 0.3) is 11.0 Å². The van der Waals surface area contributed by atoms with Gasteiger partial charge in [-0.15, -0.1) is 0 Å². The van der Waals surface area contributed by atoms with Crippen molar-refractivity contribution >= 4 is 17.0 Å². The maximum absolute atomic E-state index is 11.2. The molecule has 6 heteroatoms. The molecule has 0 bridgehead atoms. The number of nitrogens with zero attached hydrogens (tertiary/aromatic N) is 1. The molecule has 2 heterocycles. The molecule has 4 N–H and O–H groups in total. The van der Waals surface area contributed by atoms with Crippen molar-refractivity contribution in [2.45, 2.75) is 0 Å². The smallest absolute Gasteiger partial charge is 0.261 e. The molecule has 2 rings (SSSR count). The maximum atomic E-state index is 11.2. The quantitative estimate of drug-likeness (QED) is 0.490. The number of nitrogens with two attached hydrogens (primary N) is 1. The fourth-order valence-corrected chi connectivity index (χ4v) is 1.07. The second-order valence-corrected chi connectivity index (χ2v) is 2.54. The van der Waals surface area contributed by atoms with Crippen molar-refractivity contribution in [3.63, 3.8) is 0 Å². The molecular weight excluding hydrogens is 172 g/mol. The van der Waals surface area contributed by atoms with E-state index in [1.807, 2.05) is 0 Å². The molecule has 2 aromatic heterocycles. The van der Waals surface area contributed by atoms with Gasteiger partial charge in [-0.1, -0.05) is 0 Å². The lowest BCUT2D eigenvalue weighted by molar-refractivity contribution is 1.14. The number of hydrogen-bond donors (Lipinski definition) is 3. The molecule has 13 heavy (non-hydrogen) atoms. The van der Waals surface area contributed by atoms with E-state index in [1.54, 1.807) is 0 Å². The Kier molecular flexibility index (Phi) is 1.42. The molecule has 0 saturated heterocycles. The fourth-order valence-electron chi connectivity index (χ4n) is 1.07. The first-order valence-electron chi connectivity index (χ1n) is 3.55.